The maximum absolute atomic E-state index is 12.8. The van der Waals surface area contributed by atoms with Crippen LogP contribution < -0.4 is 5.32 Å². The van der Waals surface area contributed by atoms with Gasteiger partial charge in [0, 0.05) is 42.8 Å². The fourth-order valence-corrected chi connectivity index (χ4v) is 4.91. The summed E-state index contributed by atoms with van der Waals surface area (Å²) in [4.78, 5) is 33.6. The number of hydrogen-bond donors (Lipinski definition) is 1. The molecule has 0 radical (unpaired) electrons. The van der Waals surface area contributed by atoms with Crippen LogP contribution in [0.5, 0.6) is 0 Å². The predicted molar refractivity (Wildman–Crippen MR) is 131 cm³/mol. The molecule has 0 saturated carbocycles. The first-order chi connectivity index (χ1) is 16.0. The van der Waals surface area contributed by atoms with Crippen molar-refractivity contribution in [2.45, 2.75) is 25.6 Å². The Morgan fingerprint density at radius 2 is 1.94 bits per heavy atom. The van der Waals surface area contributed by atoms with Crippen molar-refractivity contribution in [3.8, 4) is 11.4 Å². The number of thiophene rings is 1. The fourth-order valence-electron chi connectivity index (χ4n) is 3.51. The third-order valence-corrected chi connectivity index (χ3v) is 7.25. The van der Waals surface area contributed by atoms with E-state index in [4.69, 9.17) is 4.52 Å². The van der Waals surface area contributed by atoms with E-state index in [1.54, 1.807) is 11.3 Å². The Balaban J connectivity index is 1.18. The van der Waals surface area contributed by atoms with Crippen LogP contribution in [-0.4, -0.2) is 68.9 Å². The highest BCUT2D eigenvalue weighted by atomic mass is 32.2. The first-order valence-electron chi connectivity index (χ1n) is 10.8. The second-order valence-corrected chi connectivity index (χ2v) is 10.1. The molecule has 0 aliphatic carbocycles. The van der Waals surface area contributed by atoms with Crippen molar-refractivity contribution in [1.82, 2.24) is 19.9 Å². The molecule has 1 N–H and O–H groups in total. The molecule has 2 amide bonds. The summed E-state index contributed by atoms with van der Waals surface area (Å²) in [6.07, 6.45) is 0. The summed E-state index contributed by atoms with van der Waals surface area (Å²) in [6, 6.07) is 9.63. The van der Waals surface area contributed by atoms with Gasteiger partial charge in [-0.15, -0.1) is 11.8 Å². The van der Waals surface area contributed by atoms with Crippen LogP contribution >= 0.6 is 23.1 Å². The first kappa shape index (κ1) is 23.5. The summed E-state index contributed by atoms with van der Waals surface area (Å²) in [5, 5.41) is 10.6. The molecule has 1 aliphatic rings. The average molecular weight is 486 g/mol. The quantitative estimate of drug-likeness (QED) is 0.522. The molecular formula is C23H27N5O3S2. The molecule has 4 rings (SSSR count). The molecule has 33 heavy (non-hydrogen) atoms. The van der Waals surface area contributed by atoms with Gasteiger partial charge in [0.2, 0.25) is 23.5 Å². The smallest absolute Gasteiger partial charge is 0.241 e. The Morgan fingerprint density at radius 1 is 1.18 bits per heavy atom. The zero-order valence-corrected chi connectivity index (χ0v) is 20.3. The summed E-state index contributed by atoms with van der Waals surface area (Å²) >= 11 is 2.96. The molecule has 8 nitrogen and oxygen atoms in total. The summed E-state index contributed by atoms with van der Waals surface area (Å²) < 4.78 is 5.39. The highest BCUT2D eigenvalue weighted by molar-refractivity contribution is 8.01. The highest BCUT2D eigenvalue weighted by Crippen LogP contribution is 2.20. The third-order valence-electron chi connectivity index (χ3n) is 5.44. The number of carbonyl (C=O) groups is 2. The lowest BCUT2D eigenvalue weighted by Crippen LogP contribution is -2.50. The fraction of sp³-hybridized carbons (Fsp3) is 0.391. The number of nitrogens with one attached hydrogen (secondary N) is 1. The molecule has 0 bridgehead atoms. The standard InChI is InChI=1S/C23H27N5O3S2/c1-16-3-5-19(6-4-16)24-20(29)15-33-17(2)23(30)28-10-8-27(9-11-28)13-21-25-22(26-31-21)18-7-12-32-14-18/h3-7,12,14,17H,8-11,13,15H2,1-2H3,(H,24,29). The first-order valence-corrected chi connectivity index (χ1v) is 12.8. The molecule has 1 aromatic carbocycles. The Labute approximate surface area is 201 Å². The molecule has 10 heteroatoms. The molecule has 1 atom stereocenters. The number of aromatic nitrogens is 2. The van der Waals surface area contributed by atoms with Crippen molar-refractivity contribution in [3.05, 3.63) is 52.5 Å². The molecular weight excluding hydrogens is 458 g/mol. The van der Waals surface area contributed by atoms with Crippen LogP contribution in [0.1, 0.15) is 18.4 Å². The van der Waals surface area contributed by atoms with E-state index < -0.39 is 0 Å². The van der Waals surface area contributed by atoms with Crippen molar-refractivity contribution >= 4 is 40.6 Å². The molecule has 174 valence electrons. The molecule has 1 aliphatic heterocycles. The topological polar surface area (TPSA) is 91.6 Å². The van der Waals surface area contributed by atoms with Crippen LogP contribution in [0.3, 0.4) is 0 Å². The van der Waals surface area contributed by atoms with Crippen molar-refractivity contribution < 1.29 is 14.1 Å². The Hall–Kier alpha value is -2.69. The minimum absolute atomic E-state index is 0.0697. The van der Waals surface area contributed by atoms with Gasteiger partial charge in [-0.05, 0) is 37.4 Å². The van der Waals surface area contributed by atoms with E-state index >= 15 is 0 Å². The zero-order chi connectivity index (χ0) is 23.2. The van der Waals surface area contributed by atoms with Gasteiger partial charge in [0.1, 0.15) is 0 Å². The van der Waals surface area contributed by atoms with Gasteiger partial charge in [-0.2, -0.15) is 16.3 Å². The normalized spacial score (nSPS) is 15.4. The van der Waals surface area contributed by atoms with Crippen molar-refractivity contribution in [3.63, 3.8) is 0 Å². The van der Waals surface area contributed by atoms with Crippen LogP contribution in [0.2, 0.25) is 0 Å². The summed E-state index contributed by atoms with van der Waals surface area (Å²) in [7, 11) is 0. The van der Waals surface area contributed by atoms with E-state index in [2.05, 4.69) is 20.4 Å². The SMILES string of the molecule is Cc1ccc(NC(=O)CSC(C)C(=O)N2CCN(Cc3nc(-c4ccsc4)no3)CC2)cc1. The molecule has 1 saturated heterocycles. The van der Waals surface area contributed by atoms with Gasteiger partial charge in [-0.25, -0.2) is 0 Å². The average Bonchev–Trinajstić information content (AvgIpc) is 3.51. The van der Waals surface area contributed by atoms with Gasteiger partial charge >= 0.3 is 0 Å². The number of anilines is 1. The van der Waals surface area contributed by atoms with Gasteiger partial charge in [0.25, 0.3) is 0 Å². The Morgan fingerprint density at radius 3 is 2.64 bits per heavy atom. The van der Waals surface area contributed by atoms with Crippen molar-refractivity contribution in [2.24, 2.45) is 0 Å². The number of amides is 2. The molecule has 1 unspecified atom stereocenters. The monoisotopic (exact) mass is 485 g/mol. The summed E-state index contributed by atoms with van der Waals surface area (Å²) in [5.74, 6) is 1.40. The van der Waals surface area contributed by atoms with Crippen LogP contribution in [0.25, 0.3) is 11.4 Å². The maximum atomic E-state index is 12.8. The molecule has 3 aromatic rings. The van der Waals surface area contributed by atoms with E-state index in [1.807, 2.05) is 59.8 Å². The molecule has 2 aromatic heterocycles. The Kier molecular flexibility index (Phi) is 7.79. The molecule has 0 spiro atoms. The second kappa shape index (κ2) is 11.0. The number of aryl methyl sites for hydroxylation is 1. The number of hydrogen-bond acceptors (Lipinski definition) is 8. The Bertz CT molecular complexity index is 1060. The largest absolute Gasteiger partial charge is 0.339 e. The van der Waals surface area contributed by atoms with Crippen LogP contribution in [-0.2, 0) is 16.1 Å². The summed E-state index contributed by atoms with van der Waals surface area (Å²) in [6.45, 7) is 7.21. The van der Waals surface area contributed by atoms with Crippen molar-refractivity contribution in [1.29, 1.82) is 0 Å². The lowest BCUT2D eigenvalue weighted by atomic mass is 10.2. The minimum Gasteiger partial charge on any atom is -0.339 e. The lowest BCUT2D eigenvalue weighted by Gasteiger charge is -2.35. The van der Waals surface area contributed by atoms with E-state index in [-0.39, 0.29) is 22.8 Å². The van der Waals surface area contributed by atoms with Gasteiger partial charge < -0.3 is 14.7 Å². The minimum atomic E-state index is -0.274. The van der Waals surface area contributed by atoms with E-state index in [0.29, 0.717) is 31.3 Å². The number of carbonyl (C=O) groups excluding carboxylic acids is 2. The van der Waals surface area contributed by atoms with Crippen molar-refractivity contribution in [2.75, 3.05) is 37.2 Å². The number of thioether (sulfide) groups is 1. The number of nitrogens with zero attached hydrogens (tertiary/aromatic N) is 4. The van der Waals surface area contributed by atoms with Crippen LogP contribution in [0.4, 0.5) is 5.69 Å². The van der Waals surface area contributed by atoms with Gasteiger partial charge in [-0.3, -0.25) is 14.5 Å². The predicted octanol–water partition coefficient (Wildman–Crippen LogP) is 3.51. The van der Waals surface area contributed by atoms with Crippen LogP contribution in [0, 0.1) is 6.92 Å². The number of benzene rings is 1. The maximum Gasteiger partial charge on any atom is 0.241 e. The molecule has 1 fully saturated rings. The lowest BCUT2D eigenvalue weighted by molar-refractivity contribution is -0.132. The zero-order valence-electron chi connectivity index (χ0n) is 18.7. The summed E-state index contributed by atoms with van der Waals surface area (Å²) in [5.41, 5.74) is 2.87. The molecule has 3 heterocycles. The van der Waals surface area contributed by atoms with Gasteiger partial charge in [-0.1, -0.05) is 22.9 Å². The van der Waals surface area contributed by atoms with E-state index in [1.165, 1.54) is 11.8 Å². The van der Waals surface area contributed by atoms with E-state index in [9.17, 15) is 9.59 Å². The number of piperazine rings is 1. The second-order valence-electron chi connectivity index (χ2n) is 7.99. The van der Waals surface area contributed by atoms with Gasteiger partial charge in [0.15, 0.2) is 0 Å². The van der Waals surface area contributed by atoms with Crippen LogP contribution in [0.15, 0.2) is 45.6 Å². The highest BCUT2D eigenvalue weighted by Gasteiger charge is 2.26. The number of rotatable bonds is 8. The van der Waals surface area contributed by atoms with E-state index in [0.717, 1.165) is 29.9 Å². The third kappa shape index (κ3) is 6.43. The van der Waals surface area contributed by atoms with Gasteiger partial charge in [0.05, 0.1) is 17.5 Å².